The number of carbonyl (C=O) groups excluding carboxylic acids is 1. The summed E-state index contributed by atoms with van der Waals surface area (Å²) in [6, 6.07) is 11.6. The van der Waals surface area contributed by atoms with Crippen LogP contribution in [0.15, 0.2) is 47.1 Å². The first-order valence-corrected chi connectivity index (χ1v) is 7.97. The van der Waals surface area contributed by atoms with E-state index in [0.29, 0.717) is 12.3 Å². The lowest BCUT2D eigenvalue weighted by Crippen LogP contribution is -2.36. The Hall–Kier alpha value is -2.27. The van der Waals surface area contributed by atoms with Crippen LogP contribution in [0.5, 0.6) is 5.75 Å². The highest BCUT2D eigenvalue weighted by Gasteiger charge is 2.24. The Balaban J connectivity index is 1.74. The molecule has 0 aliphatic carbocycles. The number of nitrogens with zero attached hydrogens (tertiary/aromatic N) is 1. The van der Waals surface area contributed by atoms with E-state index in [2.05, 4.69) is 16.3 Å². The van der Waals surface area contributed by atoms with Gasteiger partial charge in [0.1, 0.15) is 5.75 Å². The Morgan fingerprint density at radius 3 is 2.83 bits per heavy atom. The summed E-state index contributed by atoms with van der Waals surface area (Å²) >= 11 is 0. The first kappa shape index (κ1) is 15.6. The van der Waals surface area contributed by atoms with E-state index in [4.69, 9.17) is 9.15 Å². The van der Waals surface area contributed by atoms with Crippen LogP contribution in [0.2, 0.25) is 0 Å². The molecule has 5 heteroatoms. The number of furan rings is 1. The van der Waals surface area contributed by atoms with Crippen molar-refractivity contribution in [3.8, 4) is 5.75 Å². The molecule has 1 aliphatic heterocycles. The quantitative estimate of drug-likeness (QED) is 0.891. The maximum atomic E-state index is 12.1. The van der Waals surface area contributed by atoms with E-state index >= 15 is 0 Å². The number of benzene rings is 1. The van der Waals surface area contributed by atoms with E-state index in [9.17, 15) is 4.79 Å². The fraction of sp³-hybridized carbons (Fsp3) is 0.389. The smallest absolute Gasteiger partial charge is 0.287 e. The van der Waals surface area contributed by atoms with Gasteiger partial charge in [-0.05, 0) is 55.8 Å². The SMILES string of the molecule is COc1cccc(C(CNC(=O)c2ccco2)N2CCCC2)c1. The minimum absolute atomic E-state index is 0.145. The molecule has 1 unspecified atom stereocenters. The minimum Gasteiger partial charge on any atom is -0.497 e. The first-order valence-electron chi connectivity index (χ1n) is 7.97. The normalized spacial score (nSPS) is 16.2. The molecule has 23 heavy (non-hydrogen) atoms. The average molecular weight is 314 g/mol. The fourth-order valence-corrected chi connectivity index (χ4v) is 3.04. The molecule has 0 radical (unpaired) electrons. The third-order valence-corrected chi connectivity index (χ3v) is 4.26. The largest absolute Gasteiger partial charge is 0.497 e. The van der Waals surface area contributed by atoms with Crippen molar-refractivity contribution >= 4 is 5.91 Å². The predicted molar refractivity (Wildman–Crippen MR) is 87.6 cm³/mol. The third kappa shape index (κ3) is 3.74. The van der Waals surface area contributed by atoms with Gasteiger partial charge < -0.3 is 14.5 Å². The number of likely N-dealkylation sites (tertiary alicyclic amines) is 1. The summed E-state index contributed by atoms with van der Waals surface area (Å²) in [5.74, 6) is 1.00. The monoisotopic (exact) mass is 314 g/mol. The lowest BCUT2D eigenvalue weighted by molar-refractivity contribution is 0.0910. The van der Waals surface area contributed by atoms with Crippen molar-refractivity contribution in [2.45, 2.75) is 18.9 Å². The van der Waals surface area contributed by atoms with E-state index in [1.165, 1.54) is 19.1 Å². The molecular weight excluding hydrogens is 292 g/mol. The molecule has 2 aromatic rings. The van der Waals surface area contributed by atoms with E-state index in [0.717, 1.165) is 24.4 Å². The summed E-state index contributed by atoms with van der Waals surface area (Å²) in [6.45, 7) is 2.66. The highest BCUT2D eigenvalue weighted by Crippen LogP contribution is 2.27. The number of ether oxygens (including phenoxy) is 1. The molecule has 0 spiro atoms. The molecule has 5 nitrogen and oxygen atoms in total. The number of hydrogen-bond donors (Lipinski definition) is 1. The summed E-state index contributed by atoms with van der Waals surface area (Å²) in [5, 5.41) is 2.98. The van der Waals surface area contributed by atoms with Crippen LogP contribution in [0.4, 0.5) is 0 Å². The van der Waals surface area contributed by atoms with Crippen LogP contribution in [0.25, 0.3) is 0 Å². The zero-order valence-corrected chi connectivity index (χ0v) is 13.3. The number of nitrogens with one attached hydrogen (secondary N) is 1. The number of carbonyl (C=O) groups is 1. The van der Waals surface area contributed by atoms with Crippen LogP contribution < -0.4 is 10.1 Å². The van der Waals surface area contributed by atoms with Gasteiger partial charge >= 0.3 is 0 Å². The van der Waals surface area contributed by atoms with Gasteiger partial charge in [0, 0.05) is 6.54 Å². The van der Waals surface area contributed by atoms with Gasteiger partial charge in [0.05, 0.1) is 19.4 Å². The zero-order valence-electron chi connectivity index (χ0n) is 13.3. The number of rotatable bonds is 6. The molecule has 0 saturated carbocycles. The maximum absolute atomic E-state index is 12.1. The number of methoxy groups -OCH3 is 1. The summed E-state index contributed by atoms with van der Waals surface area (Å²) in [6.07, 6.45) is 3.91. The second-order valence-corrected chi connectivity index (χ2v) is 5.72. The molecule has 1 aromatic heterocycles. The molecule has 1 amide bonds. The van der Waals surface area contributed by atoms with Crippen molar-refractivity contribution in [2.24, 2.45) is 0 Å². The molecule has 0 bridgehead atoms. The lowest BCUT2D eigenvalue weighted by atomic mass is 10.0. The maximum Gasteiger partial charge on any atom is 0.287 e. The van der Waals surface area contributed by atoms with Gasteiger partial charge in [-0.25, -0.2) is 0 Å². The van der Waals surface area contributed by atoms with Crippen molar-refractivity contribution in [2.75, 3.05) is 26.7 Å². The molecule has 2 heterocycles. The van der Waals surface area contributed by atoms with Crippen molar-refractivity contribution < 1.29 is 13.9 Å². The molecule has 1 fully saturated rings. The van der Waals surface area contributed by atoms with Crippen LogP contribution in [0.3, 0.4) is 0 Å². The highest BCUT2D eigenvalue weighted by molar-refractivity contribution is 5.91. The Morgan fingerprint density at radius 2 is 2.13 bits per heavy atom. The van der Waals surface area contributed by atoms with Gasteiger partial charge in [0.15, 0.2) is 5.76 Å². The summed E-state index contributed by atoms with van der Waals surface area (Å²) in [7, 11) is 1.67. The van der Waals surface area contributed by atoms with Gasteiger partial charge in [-0.15, -0.1) is 0 Å². The van der Waals surface area contributed by atoms with Crippen molar-refractivity contribution in [1.29, 1.82) is 0 Å². The molecular formula is C18H22N2O3. The highest BCUT2D eigenvalue weighted by atomic mass is 16.5. The van der Waals surface area contributed by atoms with Gasteiger partial charge in [0.25, 0.3) is 5.91 Å². The zero-order chi connectivity index (χ0) is 16.1. The Morgan fingerprint density at radius 1 is 1.30 bits per heavy atom. The Labute approximate surface area is 136 Å². The van der Waals surface area contributed by atoms with Gasteiger partial charge in [0.2, 0.25) is 0 Å². The van der Waals surface area contributed by atoms with Crippen LogP contribution >= 0.6 is 0 Å². The molecule has 1 atom stereocenters. The van der Waals surface area contributed by atoms with Crippen LogP contribution in [0, 0.1) is 0 Å². The van der Waals surface area contributed by atoms with Crippen molar-refractivity contribution in [3.63, 3.8) is 0 Å². The van der Waals surface area contributed by atoms with Gasteiger partial charge in [-0.2, -0.15) is 0 Å². The standard InChI is InChI=1S/C18H22N2O3/c1-22-15-7-4-6-14(12-15)16(20-9-2-3-10-20)13-19-18(21)17-8-5-11-23-17/h4-8,11-12,16H,2-3,9-10,13H2,1H3,(H,19,21). The molecule has 1 N–H and O–H groups in total. The van der Waals surface area contributed by atoms with E-state index < -0.39 is 0 Å². The van der Waals surface area contributed by atoms with Crippen molar-refractivity contribution in [1.82, 2.24) is 10.2 Å². The van der Waals surface area contributed by atoms with Crippen LogP contribution in [0.1, 0.15) is 35.0 Å². The van der Waals surface area contributed by atoms with Gasteiger partial charge in [-0.3, -0.25) is 9.69 Å². The average Bonchev–Trinajstić information content (AvgIpc) is 3.29. The summed E-state index contributed by atoms with van der Waals surface area (Å²) < 4.78 is 10.5. The van der Waals surface area contributed by atoms with Crippen LogP contribution in [-0.2, 0) is 0 Å². The molecule has 1 aromatic carbocycles. The Bertz CT molecular complexity index is 633. The topological polar surface area (TPSA) is 54.7 Å². The predicted octanol–water partition coefficient (Wildman–Crippen LogP) is 2.86. The molecule has 122 valence electrons. The number of hydrogen-bond acceptors (Lipinski definition) is 4. The van der Waals surface area contributed by atoms with E-state index in [-0.39, 0.29) is 11.9 Å². The summed E-state index contributed by atoms with van der Waals surface area (Å²) in [4.78, 5) is 14.5. The van der Waals surface area contributed by atoms with E-state index in [1.807, 2.05) is 18.2 Å². The lowest BCUT2D eigenvalue weighted by Gasteiger charge is -2.28. The molecule has 3 rings (SSSR count). The molecule has 1 saturated heterocycles. The third-order valence-electron chi connectivity index (χ3n) is 4.26. The minimum atomic E-state index is -0.179. The van der Waals surface area contributed by atoms with Crippen LogP contribution in [-0.4, -0.2) is 37.6 Å². The molecule has 1 aliphatic rings. The Kier molecular flexibility index (Phi) is 4.98. The second kappa shape index (κ2) is 7.33. The van der Waals surface area contributed by atoms with Gasteiger partial charge in [-0.1, -0.05) is 12.1 Å². The first-order chi connectivity index (χ1) is 11.3. The number of amides is 1. The van der Waals surface area contributed by atoms with E-state index in [1.54, 1.807) is 19.2 Å². The second-order valence-electron chi connectivity index (χ2n) is 5.72. The fourth-order valence-electron chi connectivity index (χ4n) is 3.04. The summed E-state index contributed by atoms with van der Waals surface area (Å²) in [5.41, 5.74) is 1.16. The van der Waals surface area contributed by atoms with Crippen molar-refractivity contribution in [3.05, 3.63) is 54.0 Å².